The zero-order chi connectivity index (χ0) is 15.6. The molecule has 2 aromatic carbocycles. The number of unbranched alkanes of at least 4 members (excludes halogenated alkanes) is 2. The first-order chi connectivity index (χ1) is 10.8. The van der Waals surface area contributed by atoms with Gasteiger partial charge in [-0.1, -0.05) is 0 Å². The van der Waals surface area contributed by atoms with Gasteiger partial charge in [-0.2, -0.15) is 0 Å². The molecule has 0 amide bonds. The van der Waals surface area contributed by atoms with E-state index in [0.29, 0.717) is 15.0 Å². The first-order valence-corrected chi connectivity index (χ1v) is 10.3. The van der Waals surface area contributed by atoms with Crippen LogP contribution in [0.5, 0.6) is 0 Å². The van der Waals surface area contributed by atoms with Gasteiger partial charge in [0.2, 0.25) is 0 Å². The van der Waals surface area contributed by atoms with E-state index in [0.717, 1.165) is 0 Å². The number of allylic oxidation sites excluding steroid dienone is 1. The summed E-state index contributed by atoms with van der Waals surface area (Å²) in [5, 5.41) is 1.23. The topological polar surface area (TPSA) is 0 Å². The molecule has 0 N–H and O–H groups in total. The SMILES string of the molecule is CCCCC/C(=C/c1ccccc1)C[Se]c1ccc(C)cc1. The molecule has 0 aliphatic carbocycles. The van der Waals surface area contributed by atoms with Crippen molar-refractivity contribution in [2.45, 2.75) is 44.9 Å². The molecule has 0 aliphatic rings. The number of aryl methyl sites for hydroxylation is 1. The van der Waals surface area contributed by atoms with Crippen molar-refractivity contribution in [3.05, 3.63) is 71.3 Å². The molecule has 0 nitrogen and oxygen atoms in total. The van der Waals surface area contributed by atoms with E-state index < -0.39 is 0 Å². The van der Waals surface area contributed by atoms with Crippen LogP contribution >= 0.6 is 0 Å². The molecule has 2 rings (SSSR count). The molecule has 0 saturated heterocycles. The van der Waals surface area contributed by atoms with E-state index in [4.69, 9.17) is 0 Å². The first-order valence-electron chi connectivity index (χ1n) is 8.22. The number of benzene rings is 2. The van der Waals surface area contributed by atoms with Crippen molar-refractivity contribution in [3.63, 3.8) is 0 Å². The maximum atomic E-state index is 2.41. The molecule has 22 heavy (non-hydrogen) atoms. The number of hydrogen-bond acceptors (Lipinski definition) is 0. The monoisotopic (exact) mass is 358 g/mol. The van der Waals surface area contributed by atoms with E-state index in [2.05, 4.69) is 74.5 Å². The van der Waals surface area contributed by atoms with Crippen LogP contribution in [0.2, 0.25) is 5.32 Å². The Kier molecular flexibility index (Phi) is 7.49. The van der Waals surface area contributed by atoms with Crippen LogP contribution in [-0.4, -0.2) is 15.0 Å². The fourth-order valence-electron chi connectivity index (χ4n) is 2.38. The fraction of sp³-hybridized carbons (Fsp3) is 0.333. The minimum absolute atomic E-state index is 0.542. The third kappa shape index (κ3) is 6.22. The van der Waals surface area contributed by atoms with Gasteiger partial charge in [-0.25, -0.2) is 0 Å². The number of hydrogen-bond donors (Lipinski definition) is 0. The predicted molar refractivity (Wildman–Crippen MR) is 99.9 cm³/mol. The molecule has 0 fully saturated rings. The van der Waals surface area contributed by atoms with Gasteiger partial charge in [-0.15, -0.1) is 0 Å². The van der Waals surface area contributed by atoms with Crippen LogP contribution < -0.4 is 4.46 Å². The van der Waals surface area contributed by atoms with Crippen LogP contribution in [0.3, 0.4) is 0 Å². The molecule has 0 heterocycles. The van der Waals surface area contributed by atoms with Crippen LogP contribution in [0.4, 0.5) is 0 Å². The third-order valence-electron chi connectivity index (χ3n) is 3.72. The summed E-state index contributed by atoms with van der Waals surface area (Å²) in [4.78, 5) is 0. The van der Waals surface area contributed by atoms with Crippen LogP contribution in [0.1, 0.15) is 43.7 Å². The Bertz CT molecular complexity index is 567. The Morgan fingerprint density at radius 3 is 2.36 bits per heavy atom. The molecule has 2 aromatic rings. The molecular formula is C21H26Se. The molecule has 0 bridgehead atoms. The Morgan fingerprint density at radius 2 is 1.68 bits per heavy atom. The van der Waals surface area contributed by atoms with Gasteiger partial charge < -0.3 is 0 Å². The van der Waals surface area contributed by atoms with Gasteiger partial charge in [0.05, 0.1) is 0 Å². The second-order valence-corrected chi connectivity index (χ2v) is 7.97. The summed E-state index contributed by atoms with van der Waals surface area (Å²) in [5.41, 5.74) is 4.30. The van der Waals surface area contributed by atoms with Gasteiger partial charge in [0.15, 0.2) is 0 Å². The van der Waals surface area contributed by atoms with Crippen molar-refractivity contribution in [1.82, 2.24) is 0 Å². The zero-order valence-electron chi connectivity index (χ0n) is 13.7. The van der Waals surface area contributed by atoms with Gasteiger partial charge in [0.1, 0.15) is 0 Å². The van der Waals surface area contributed by atoms with Crippen molar-refractivity contribution < 1.29 is 0 Å². The van der Waals surface area contributed by atoms with Gasteiger partial charge in [-0.05, 0) is 0 Å². The summed E-state index contributed by atoms with van der Waals surface area (Å²) in [6.45, 7) is 4.43. The van der Waals surface area contributed by atoms with Crippen molar-refractivity contribution in [1.29, 1.82) is 0 Å². The Hall–Kier alpha value is -1.30. The second-order valence-electron chi connectivity index (χ2n) is 5.77. The average molecular weight is 357 g/mol. The van der Waals surface area contributed by atoms with Crippen molar-refractivity contribution in [2.75, 3.05) is 0 Å². The zero-order valence-corrected chi connectivity index (χ0v) is 15.4. The number of rotatable bonds is 8. The molecule has 0 spiro atoms. The van der Waals surface area contributed by atoms with Gasteiger partial charge in [-0.3, -0.25) is 0 Å². The Morgan fingerprint density at radius 1 is 0.955 bits per heavy atom. The first kappa shape index (κ1) is 17.1. The Labute approximate surface area is 141 Å². The predicted octanol–water partition coefficient (Wildman–Crippen LogP) is 5.41. The summed E-state index contributed by atoms with van der Waals surface area (Å²) in [6.07, 6.45) is 7.60. The van der Waals surface area contributed by atoms with E-state index in [-0.39, 0.29) is 0 Å². The van der Waals surface area contributed by atoms with Crippen LogP contribution in [0, 0.1) is 6.92 Å². The Balaban J connectivity index is 2.00. The van der Waals surface area contributed by atoms with Gasteiger partial charge in [0, 0.05) is 0 Å². The molecule has 0 saturated carbocycles. The van der Waals surface area contributed by atoms with Crippen LogP contribution in [0.25, 0.3) is 6.08 Å². The van der Waals surface area contributed by atoms with Crippen LogP contribution in [-0.2, 0) is 0 Å². The van der Waals surface area contributed by atoms with E-state index in [9.17, 15) is 0 Å². The summed E-state index contributed by atoms with van der Waals surface area (Å²) >= 11 is 0.542. The molecule has 1 heteroatoms. The van der Waals surface area contributed by atoms with Gasteiger partial charge in [0.25, 0.3) is 0 Å². The van der Waals surface area contributed by atoms with E-state index >= 15 is 0 Å². The van der Waals surface area contributed by atoms with E-state index in [1.807, 2.05) is 0 Å². The molecule has 0 atom stereocenters. The summed E-state index contributed by atoms with van der Waals surface area (Å²) in [6, 6.07) is 19.8. The minimum atomic E-state index is 0.542. The molecular weight excluding hydrogens is 331 g/mol. The van der Waals surface area contributed by atoms with Crippen molar-refractivity contribution in [3.8, 4) is 0 Å². The van der Waals surface area contributed by atoms with Crippen LogP contribution in [0.15, 0.2) is 60.2 Å². The molecule has 0 aliphatic heterocycles. The average Bonchev–Trinajstić information content (AvgIpc) is 2.55. The molecule has 0 unspecified atom stereocenters. The standard InChI is InChI=1S/C21H26Se/c1-3-4-6-11-20(16-19-9-7-5-8-10-19)17-22-21-14-12-18(2)13-15-21/h5,7-10,12-16H,3-4,6,11,17H2,1-2H3/b20-16-. The van der Waals surface area contributed by atoms with E-state index in [1.54, 1.807) is 5.57 Å². The summed E-state index contributed by atoms with van der Waals surface area (Å²) < 4.78 is 1.51. The summed E-state index contributed by atoms with van der Waals surface area (Å²) in [5.74, 6) is 0. The van der Waals surface area contributed by atoms with Crippen molar-refractivity contribution in [2.24, 2.45) is 0 Å². The molecule has 116 valence electrons. The molecule has 0 radical (unpaired) electrons. The fourth-order valence-corrected chi connectivity index (χ4v) is 4.29. The summed E-state index contributed by atoms with van der Waals surface area (Å²) in [7, 11) is 0. The quantitative estimate of drug-likeness (QED) is 0.438. The van der Waals surface area contributed by atoms with Crippen molar-refractivity contribution >= 4 is 25.5 Å². The van der Waals surface area contributed by atoms with E-state index in [1.165, 1.54) is 46.6 Å². The normalized spacial score (nSPS) is 11.6. The second kappa shape index (κ2) is 9.66. The third-order valence-corrected chi connectivity index (χ3v) is 6.07. The molecule has 0 aromatic heterocycles. The maximum absolute atomic E-state index is 2.41. The van der Waals surface area contributed by atoms with Gasteiger partial charge >= 0.3 is 142 Å².